The Kier molecular flexibility index (Phi) is 11.5. The number of aromatic nitrogens is 8. The highest BCUT2D eigenvalue weighted by Gasteiger charge is 2.33. The minimum absolute atomic E-state index is 0.0447. The number of anilines is 4. The Bertz CT molecular complexity index is 2370. The number of amides is 2. The molecule has 18 nitrogen and oxygen atoms in total. The number of methoxy groups -OCH3 is 1. The second-order valence-corrected chi connectivity index (χ2v) is 13.1. The minimum atomic E-state index is -0.433. The Labute approximate surface area is 326 Å². The maximum absolute atomic E-state index is 12.5. The summed E-state index contributed by atoms with van der Waals surface area (Å²) >= 11 is 0. The first-order valence-electron chi connectivity index (χ1n) is 18.1. The zero-order valence-electron chi connectivity index (χ0n) is 31.1. The third kappa shape index (κ3) is 8.61. The fourth-order valence-corrected chi connectivity index (χ4v) is 6.39. The fourth-order valence-electron chi connectivity index (χ4n) is 6.39. The average Bonchev–Trinajstić information content (AvgIpc) is 4.09. The molecule has 6 aromatic rings. The highest BCUT2D eigenvalue weighted by Crippen LogP contribution is 2.33. The van der Waals surface area contributed by atoms with Gasteiger partial charge in [0.2, 0.25) is 11.8 Å². The van der Waals surface area contributed by atoms with Crippen molar-refractivity contribution in [3.63, 3.8) is 0 Å². The number of aliphatic hydroxyl groups excluding tert-OH is 1. The lowest BCUT2D eigenvalue weighted by Crippen LogP contribution is -2.27. The first-order chi connectivity index (χ1) is 27.7. The smallest absolute Gasteiger partial charge is 0.337 e. The van der Waals surface area contributed by atoms with Crippen LogP contribution < -0.4 is 21.3 Å². The van der Waals surface area contributed by atoms with Gasteiger partial charge < -0.3 is 26.0 Å². The van der Waals surface area contributed by atoms with Crippen LogP contribution in [0.4, 0.5) is 23.3 Å². The van der Waals surface area contributed by atoms with Crippen LogP contribution in [0.1, 0.15) is 51.0 Å². The summed E-state index contributed by atoms with van der Waals surface area (Å²) in [4.78, 5) is 57.3. The van der Waals surface area contributed by atoms with Crippen molar-refractivity contribution in [3.05, 3.63) is 119 Å². The number of carbonyl (C=O) groups is 3. The maximum atomic E-state index is 12.5. The second-order valence-electron chi connectivity index (χ2n) is 13.1. The van der Waals surface area contributed by atoms with E-state index in [1.807, 2.05) is 30.3 Å². The van der Waals surface area contributed by atoms with E-state index in [1.165, 1.54) is 34.2 Å². The number of carbonyl (C=O) groups excluding carboxylic acids is 3. The summed E-state index contributed by atoms with van der Waals surface area (Å²) in [5.41, 5.74) is 16.2. The summed E-state index contributed by atoms with van der Waals surface area (Å²) in [6.07, 6.45) is 9.51. The number of hydrogen-bond donors (Lipinski definition) is 3. The van der Waals surface area contributed by atoms with Crippen LogP contribution in [0, 0.1) is 0 Å². The molecule has 0 atom stereocenters. The second kappa shape index (κ2) is 17.2. The van der Waals surface area contributed by atoms with Crippen molar-refractivity contribution in [1.29, 1.82) is 0 Å². The third-order valence-corrected chi connectivity index (χ3v) is 9.23. The first-order valence-corrected chi connectivity index (χ1v) is 18.1. The quantitative estimate of drug-likeness (QED) is 0.189. The molecule has 3 aliphatic heterocycles. The Hall–Kier alpha value is -7.05. The lowest BCUT2D eigenvalue weighted by molar-refractivity contribution is -0.118. The van der Waals surface area contributed by atoms with Crippen LogP contribution in [0.2, 0.25) is 0 Å². The van der Waals surface area contributed by atoms with Gasteiger partial charge in [-0.3, -0.25) is 19.4 Å². The van der Waals surface area contributed by atoms with Crippen molar-refractivity contribution in [2.45, 2.75) is 45.4 Å². The van der Waals surface area contributed by atoms with Gasteiger partial charge in [0.15, 0.2) is 0 Å². The summed E-state index contributed by atoms with van der Waals surface area (Å²) in [6.45, 7) is 2.57. The molecule has 2 aromatic carbocycles. The van der Waals surface area contributed by atoms with Crippen LogP contribution >= 0.6 is 0 Å². The maximum Gasteiger partial charge on any atom is 0.337 e. The minimum Gasteiger partial charge on any atom is -0.465 e. The molecule has 1 fully saturated rings. The van der Waals surface area contributed by atoms with Gasteiger partial charge in [-0.25, -0.2) is 14.2 Å². The number of nitrogens with two attached hydrogens (primary N) is 2. The number of hydrogen-bond acceptors (Lipinski definition) is 14. The van der Waals surface area contributed by atoms with Crippen LogP contribution in [0.25, 0.3) is 11.9 Å². The number of nitrogens with zero attached hydrogens (tertiary/aromatic N) is 10. The number of nitrogen functional groups attached to an aromatic ring is 2. The van der Waals surface area contributed by atoms with Crippen LogP contribution in [0.3, 0.4) is 0 Å². The molecule has 7 heterocycles. The molecule has 18 heteroatoms. The third-order valence-electron chi connectivity index (χ3n) is 9.23. The Balaban J connectivity index is 0.000000155. The lowest BCUT2D eigenvalue weighted by Gasteiger charge is -2.17. The largest absolute Gasteiger partial charge is 0.465 e. The van der Waals surface area contributed by atoms with Gasteiger partial charge in [0, 0.05) is 49.1 Å². The van der Waals surface area contributed by atoms with Crippen molar-refractivity contribution >= 4 is 41.1 Å². The first kappa shape index (κ1) is 38.2. The van der Waals surface area contributed by atoms with E-state index < -0.39 is 5.97 Å². The van der Waals surface area contributed by atoms with E-state index in [1.54, 1.807) is 60.0 Å². The molecule has 57 heavy (non-hydrogen) atoms. The number of aliphatic hydroxyl groups is 1. The standard InChI is InChI=1S/C18H16N6O3.C17H16N6O2.C4H8O/c1-27-17(26)12-5-2-4-11(8-12)10-23-14(25)9-13-15(19)21-18(22-16(13)23)24-7-3-6-20-24;18-15-13-8-14(25)22(9-11-3-1-4-12(7-11)10-24)16(13)21-17(20-15)23-6-2-5-19-23;1-2-4-5-3-1/h2-8H,9-10H2,1H3,(H2,19,21,22);1-7,24H,8-10H2,(H2,18,20,21);1-4H2. The highest BCUT2D eigenvalue weighted by molar-refractivity contribution is 6.02. The average molecular weight is 773 g/mol. The van der Waals surface area contributed by atoms with E-state index in [0.717, 1.165) is 29.9 Å². The van der Waals surface area contributed by atoms with Crippen molar-refractivity contribution in [3.8, 4) is 11.9 Å². The molecule has 292 valence electrons. The molecule has 4 aromatic heterocycles. The summed E-state index contributed by atoms with van der Waals surface area (Å²) in [7, 11) is 1.33. The zero-order valence-corrected chi connectivity index (χ0v) is 31.1. The molecule has 1 saturated heterocycles. The molecular weight excluding hydrogens is 733 g/mol. The van der Waals surface area contributed by atoms with Gasteiger partial charge in [-0.05, 0) is 53.8 Å². The van der Waals surface area contributed by atoms with E-state index in [-0.39, 0.29) is 49.4 Å². The molecule has 0 aliphatic carbocycles. The number of fused-ring (bicyclic) bond motifs is 2. The summed E-state index contributed by atoms with van der Waals surface area (Å²) in [5, 5.41) is 17.5. The number of benzene rings is 2. The fraction of sp³-hybridized carbons (Fsp3) is 0.256. The number of rotatable bonds is 8. The van der Waals surface area contributed by atoms with Gasteiger partial charge >= 0.3 is 5.97 Å². The monoisotopic (exact) mass is 772 g/mol. The topological polar surface area (TPSA) is 236 Å². The van der Waals surface area contributed by atoms with E-state index in [0.29, 0.717) is 46.8 Å². The Morgan fingerprint density at radius 2 is 1.25 bits per heavy atom. The van der Waals surface area contributed by atoms with Crippen molar-refractivity contribution in [2.24, 2.45) is 0 Å². The van der Waals surface area contributed by atoms with Crippen LogP contribution in [0.5, 0.6) is 0 Å². The molecule has 2 amide bonds. The van der Waals surface area contributed by atoms with Crippen molar-refractivity contribution < 1.29 is 29.0 Å². The van der Waals surface area contributed by atoms with Crippen molar-refractivity contribution in [2.75, 3.05) is 41.6 Å². The highest BCUT2D eigenvalue weighted by atomic mass is 16.5. The molecule has 0 saturated carbocycles. The SMILES string of the molecule is C1CCOC1.COC(=O)c1cccc(CN2C(=O)Cc3c(N)nc(-n4cccn4)nc32)c1.Nc1nc(-n2cccn2)nc2c1CC(=O)N2Cc1cccc(CO)c1. The van der Waals surface area contributed by atoms with Gasteiger partial charge in [-0.15, -0.1) is 0 Å². The Morgan fingerprint density at radius 1 is 0.737 bits per heavy atom. The molecule has 3 aliphatic rings. The van der Waals surface area contributed by atoms with E-state index in [4.69, 9.17) is 20.9 Å². The van der Waals surface area contributed by atoms with E-state index in [2.05, 4.69) is 30.1 Å². The van der Waals surface area contributed by atoms with Gasteiger partial charge in [0.05, 0.1) is 45.2 Å². The van der Waals surface area contributed by atoms with Gasteiger partial charge in [0.1, 0.15) is 23.3 Å². The summed E-state index contributed by atoms with van der Waals surface area (Å²) in [6, 6.07) is 17.9. The van der Waals surface area contributed by atoms with Gasteiger partial charge in [0.25, 0.3) is 11.9 Å². The molecule has 0 unspecified atom stereocenters. The van der Waals surface area contributed by atoms with E-state index in [9.17, 15) is 19.5 Å². The normalized spacial score (nSPS) is 14.1. The summed E-state index contributed by atoms with van der Waals surface area (Å²) in [5.74, 6) is 1.48. The summed E-state index contributed by atoms with van der Waals surface area (Å²) < 4.78 is 12.7. The number of esters is 1. The van der Waals surface area contributed by atoms with Crippen LogP contribution in [-0.2, 0) is 51.6 Å². The zero-order chi connectivity index (χ0) is 39.9. The molecule has 0 bridgehead atoms. The molecule has 9 rings (SSSR count). The molecule has 0 spiro atoms. The molecule has 0 radical (unpaired) electrons. The van der Waals surface area contributed by atoms with Crippen LogP contribution in [0.15, 0.2) is 85.5 Å². The lowest BCUT2D eigenvalue weighted by atomic mass is 10.1. The van der Waals surface area contributed by atoms with Crippen LogP contribution in [-0.4, -0.2) is 82.7 Å². The van der Waals surface area contributed by atoms with Crippen molar-refractivity contribution in [1.82, 2.24) is 39.5 Å². The Morgan fingerprint density at radius 3 is 1.70 bits per heavy atom. The van der Waals surface area contributed by atoms with E-state index >= 15 is 0 Å². The van der Waals surface area contributed by atoms with Gasteiger partial charge in [-0.1, -0.05) is 36.4 Å². The predicted molar refractivity (Wildman–Crippen MR) is 207 cm³/mol. The predicted octanol–water partition coefficient (Wildman–Crippen LogP) is 2.74. The number of ether oxygens (including phenoxy) is 2. The molecular formula is C39H40N12O6. The molecule has 5 N–H and O–H groups in total. The van der Waals surface area contributed by atoms with Gasteiger partial charge in [-0.2, -0.15) is 30.1 Å².